The zero-order valence-electron chi connectivity index (χ0n) is 4.59. The number of aliphatic hydroxyl groups excluding tert-OH is 2. The highest BCUT2D eigenvalue weighted by Gasteiger charge is 1.95. The lowest BCUT2D eigenvalue weighted by Crippen LogP contribution is -2.10. The van der Waals surface area contributed by atoms with Crippen molar-refractivity contribution in [2.45, 2.75) is 25.9 Å². The molecule has 0 amide bonds. The SMILES string of the molecule is CCCC(O)[14CH2]O. The smallest absolute Gasteiger partial charge is 0.0770 e. The molecular weight excluding hydrogens is 94.0 g/mol. The van der Waals surface area contributed by atoms with Gasteiger partial charge < -0.3 is 10.2 Å². The first-order valence-corrected chi connectivity index (χ1v) is 2.60. The van der Waals surface area contributed by atoms with Crippen molar-refractivity contribution in [3.63, 3.8) is 0 Å². The molecule has 44 valence electrons. The van der Waals surface area contributed by atoms with Crippen molar-refractivity contribution in [3.8, 4) is 0 Å². The fraction of sp³-hybridized carbons (Fsp3) is 1.00. The van der Waals surface area contributed by atoms with Crippen LogP contribution in [0.4, 0.5) is 0 Å². The van der Waals surface area contributed by atoms with Crippen LogP contribution in [0.2, 0.25) is 0 Å². The molecule has 0 fully saturated rings. The highest BCUT2D eigenvalue weighted by atomic mass is 16.5. The van der Waals surface area contributed by atoms with E-state index in [9.17, 15) is 0 Å². The molecule has 2 nitrogen and oxygen atoms in total. The quantitative estimate of drug-likeness (QED) is 0.537. The van der Waals surface area contributed by atoms with E-state index in [1.807, 2.05) is 6.92 Å². The van der Waals surface area contributed by atoms with Crippen LogP contribution in [0.5, 0.6) is 0 Å². The van der Waals surface area contributed by atoms with Crippen molar-refractivity contribution in [2.75, 3.05) is 6.61 Å². The summed E-state index contributed by atoms with van der Waals surface area (Å²) in [5.74, 6) is 0. The first kappa shape index (κ1) is 6.92. The molecule has 0 aromatic carbocycles. The Balaban J connectivity index is 2.83. The molecule has 0 rings (SSSR count). The van der Waals surface area contributed by atoms with Gasteiger partial charge >= 0.3 is 0 Å². The van der Waals surface area contributed by atoms with Gasteiger partial charge in [-0.25, -0.2) is 0 Å². The van der Waals surface area contributed by atoms with Crippen LogP contribution in [0.1, 0.15) is 19.8 Å². The normalized spacial score (nSPS) is 14.1. The standard InChI is InChI=1S/C5H12O2/c1-2-3-5(7)4-6/h5-7H,2-4H2,1H3/i4+2. The highest BCUT2D eigenvalue weighted by Crippen LogP contribution is 1.92. The molecule has 1 atom stereocenters. The predicted octanol–water partition coefficient (Wildman–Crippen LogP) is 0.140. The van der Waals surface area contributed by atoms with Gasteiger partial charge in [-0.3, -0.25) is 0 Å². The Morgan fingerprint density at radius 1 is 1.71 bits per heavy atom. The van der Waals surface area contributed by atoms with Crippen LogP contribution in [-0.4, -0.2) is 22.9 Å². The van der Waals surface area contributed by atoms with E-state index >= 15 is 0 Å². The Morgan fingerprint density at radius 3 is 2.43 bits per heavy atom. The van der Waals surface area contributed by atoms with Gasteiger partial charge in [0.05, 0.1) is 12.7 Å². The van der Waals surface area contributed by atoms with Crippen LogP contribution in [0.3, 0.4) is 0 Å². The summed E-state index contributed by atoms with van der Waals surface area (Å²) in [7, 11) is 0. The fourth-order valence-corrected chi connectivity index (χ4v) is 0.425. The molecule has 0 aromatic rings. The van der Waals surface area contributed by atoms with Crippen molar-refractivity contribution in [1.82, 2.24) is 0 Å². The Hall–Kier alpha value is -0.0800. The summed E-state index contributed by atoms with van der Waals surface area (Å²) < 4.78 is 0. The Bertz CT molecular complexity index is 37.1. The summed E-state index contributed by atoms with van der Waals surface area (Å²) in [5.41, 5.74) is 0. The average molecular weight is 106 g/mol. The maximum Gasteiger partial charge on any atom is 0.0770 e. The second-order valence-corrected chi connectivity index (χ2v) is 1.63. The molecule has 0 heterocycles. The van der Waals surface area contributed by atoms with Crippen LogP contribution in [0.25, 0.3) is 0 Å². The van der Waals surface area contributed by atoms with Crippen molar-refractivity contribution in [2.24, 2.45) is 0 Å². The number of aliphatic hydroxyl groups is 2. The Kier molecular flexibility index (Phi) is 4.04. The van der Waals surface area contributed by atoms with Gasteiger partial charge in [-0.05, 0) is 6.42 Å². The van der Waals surface area contributed by atoms with E-state index < -0.39 is 6.10 Å². The minimum Gasteiger partial charge on any atom is -0.394 e. The third-order valence-corrected chi connectivity index (χ3v) is 0.833. The molecule has 0 saturated carbocycles. The minimum absolute atomic E-state index is 0.103. The predicted molar refractivity (Wildman–Crippen MR) is 28.0 cm³/mol. The van der Waals surface area contributed by atoms with E-state index in [2.05, 4.69) is 0 Å². The first-order chi connectivity index (χ1) is 3.31. The van der Waals surface area contributed by atoms with Crippen molar-refractivity contribution >= 4 is 0 Å². The number of rotatable bonds is 3. The Labute approximate surface area is 43.8 Å². The molecule has 0 radical (unpaired) electrons. The summed E-state index contributed by atoms with van der Waals surface area (Å²) in [4.78, 5) is 0. The molecule has 0 spiro atoms. The van der Waals surface area contributed by atoms with Crippen molar-refractivity contribution in [3.05, 3.63) is 0 Å². The maximum atomic E-state index is 8.61. The van der Waals surface area contributed by atoms with E-state index in [1.54, 1.807) is 0 Å². The second kappa shape index (κ2) is 4.09. The van der Waals surface area contributed by atoms with Gasteiger partial charge in [-0.2, -0.15) is 0 Å². The van der Waals surface area contributed by atoms with E-state index in [-0.39, 0.29) is 6.61 Å². The van der Waals surface area contributed by atoms with E-state index in [0.29, 0.717) is 6.42 Å². The molecule has 0 aromatic heterocycles. The second-order valence-electron chi connectivity index (χ2n) is 1.63. The summed E-state index contributed by atoms with van der Waals surface area (Å²) in [6.07, 6.45) is 1.14. The van der Waals surface area contributed by atoms with E-state index in [4.69, 9.17) is 10.2 Å². The molecule has 0 aliphatic heterocycles. The summed E-state index contributed by atoms with van der Waals surface area (Å²) in [6, 6.07) is 0. The van der Waals surface area contributed by atoms with E-state index in [1.165, 1.54) is 0 Å². The van der Waals surface area contributed by atoms with Gasteiger partial charge in [-0.1, -0.05) is 13.3 Å². The van der Waals surface area contributed by atoms with Crippen LogP contribution < -0.4 is 0 Å². The van der Waals surface area contributed by atoms with Gasteiger partial charge in [0.1, 0.15) is 0 Å². The van der Waals surface area contributed by atoms with Crippen LogP contribution in [-0.2, 0) is 0 Å². The largest absolute Gasteiger partial charge is 0.394 e. The molecule has 2 heteroatoms. The van der Waals surface area contributed by atoms with Crippen molar-refractivity contribution in [1.29, 1.82) is 0 Å². The molecule has 0 aliphatic carbocycles. The van der Waals surface area contributed by atoms with E-state index in [0.717, 1.165) is 6.42 Å². The van der Waals surface area contributed by atoms with Crippen LogP contribution in [0.15, 0.2) is 0 Å². The van der Waals surface area contributed by atoms with Gasteiger partial charge in [-0.15, -0.1) is 0 Å². The lowest BCUT2D eigenvalue weighted by atomic mass is 10.3. The highest BCUT2D eigenvalue weighted by molar-refractivity contribution is 4.48. The molecule has 0 bridgehead atoms. The molecular formula is C5H12O2. The van der Waals surface area contributed by atoms with Crippen LogP contribution in [0, 0.1) is 0 Å². The summed E-state index contributed by atoms with van der Waals surface area (Å²) in [6.45, 7) is 1.87. The van der Waals surface area contributed by atoms with Crippen LogP contribution >= 0.6 is 0 Å². The zero-order chi connectivity index (χ0) is 5.70. The maximum absolute atomic E-state index is 8.61. The minimum atomic E-state index is -0.495. The topological polar surface area (TPSA) is 40.5 Å². The third-order valence-electron chi connectivity index (χ3n) is 0.833. The first-order valence-electron chi connectivity index (χ1n) is 2.60. The molecule has 1 unspecified atom stereocenters. The summed E-state index contributed by atoms with van der Waals surface area (Å²) in [5, 5.41) is 16.8. The third kappa shape index (κ3) is 3.76. The fourth-order valence-electron chi connectivity index (χ4n) is 0.425. The lowest BCUT2D eigenvalue weighted by molar-refractivity contribution is 0.0877. The number of hydrogen-bond acceptors (Lipinski definition) is 2. The number of hydrogen-bond donors (Lipinski definition) is 2. The monoisotopic (exact) mass is 106 g/mol. The average Bonchev–Trinajstić information content (AvgIpc) is 1.68. The molecule has 0 saturated heterocycles. The van der Waals surface area contributed by atoms with Gasteiger partial charge in [0, 0.05) is 0 Å². The molecule has 7 heavy (non-hydrogen) atoms. The molecule has 2 N–H and O–H groups in total. The van der Waals surface area contributed by atoms with Crippen molar-refractivity contribution < 1.29 is 10.2 Å². The van der Waals surface area contributed by atoms with Gasteiger partial charge in [0.25, 0.3) is 0 Å². The van der Waals surface area contributed by atoms with Gasteiger partial charge in [0.2, 0.25) is 0 Å². The van der Waals surface area contributed by atoms with Gasteiger partial charge in [0.15, 0.2) is 0 Å². The summed E-state index contributed by atoms with van der Waals surface area (Å²) >= 11 is 0. The Morgan fingerprint density at radius 2 is 2.29 bits per heavy atom. The zero-order valence-corrected chi connectivity index (χ0v) is 4.59. The lowest BCUT2D eigenvalue weighted by Gasteiger charge is -2.01. The molecule has 0 aliphatic rings.